The van der Waals surface area contributed by atoms with E-state index >= 15 is 33.6 Å². The molecule has 21 nitrogen and oxygen atoms in total. The number of fused-ring (bicyclic) bond motifs is 1. The number of nitrogens with one attached hydrogen (secondary N) is 4. The van der Waals surface area contributed by atoms with Crippen molar-refractivity contribution in [2.45, 2.75) is 265 Å². The minimum atomic E-state index is -2.06. The molecule has 2 saturated heterocycles. The van der Waals surface area contributed by atoms with Crippen LogP contribution in [-0.2, 0) is 65.5 Å². The molecule has 0 aliphatic carbocycles. The van der Waals surface area contributed by atoms with Crippen molar-refractivity contribution in [3.8, 4) is 0 Å². The number of ether oxygens (including phenoxy) is 1. The van der Waals surface area contributed by atoms with Crippen LogP contribution in [0.15, 0.2) is 60.7 Å². The van der Waals surface area contributed by atoms with Gasteiger partial charge in [0.25, 0.3) is 5.91 Å². The third kappa shape index (κ3) is 23.2. The Morgan fingerprint density at radius 2 is 1.05 bits per heavy atom. The minimum Gasteiger partial charge on any atom is -0.450 e. The summed E-state index contributed by atoms with van der Waals surface area (Å²) in [5, 5.41) is 23.6. The summed E-state index contributed by atoms with van der Waals surface area (Å²) in [6.07, 6.45) is 13.1. The molecule has 0 radical (unpaired) electrons. The summed E-state index contributed by atoms with van der Waals surface area (Å²) in [6.45, 7) is 19.4. The fourth-order valence-electron chi connectivity index (χ4n) is 13.1. The maximum atomic E-state index is 15.4. The van der Waals surface area contributed by atoms with Crippen LogP contribution in [0.25, 0.3) is 0 Å². The quantitative estimate of drug-likeness (QED) is 0.0422. The summed E-state index contributed by atoms with van der Waals surface area (Å²) in [7, 11) is 5.58. The Balaban J connectivity index is 1.85. The summed E-state index contributed by atoms with van der Waals surface area (Å²) >= 11 is 0. The second-order valence-electron chi connectivity index (χ2n) is 27.8. The van der Waals surface area contributed by atoms with Crippen LogP contribution < -0.4 is 21.3 Å². The molecule has 0 saturated carbocycles. The average molecular weight is 1310 g/mol. The molecule has 2 fully saturated rings. The topological polar surface area (TPSA) is 264 Å². The standard InChI is InChI=1S/C73H117N9O12/c1-16-19-20-21-22-23-24-25-26-27-28-35-44-74-58(83)43-42-54-67(87)81(15)63(73(10,11)93)72(92)94-62(51(9)18-3)71(91)80(14)61(49(6)7)66(86)76-55(46-52-37-31-29-32-38-52)68(88)78(12)57(47-53-39-33-30-34-40-53)69(89)82-45-36-41-56(82)64(84)77-59(50(8)17-2)70(90)79(13)60(48(4)5)65(85)75-54/h29-34,37-40,48-51,54-57,59-63,93H,16-28,35-36,41-47H2,1-15H3,(H,74,83)(H,75,85)(H,76,86)(H,77,84)/t50-,51-,54+,55+,56+,57+,59-,60+,61+,62+,63-/m1/s1. The highest BCUT2D eigenvalue weighted by atomic mass is 16.6. The number of likely N-dealkylation sites (N-methyl/N-ethyl adjacent to an activating group) is 4. The zero-order valence-electron chi connectivity index (χ0n) is 59.5. The summed E-state index contributed by atoms with van der Waals surface area (Å²) in [5.41, 5.74) is -0.666. The molecule has 11 atom stereocenters. The Bertz CT molecular complexity index is 2760. The zero-order chi connectivity index (χ0) is 70.0. The van der Waals surface area contributed by atoms with Crippen molar-refractivity contribution in [1.82, 2.24) is 45.8 Å². The average Bonchev–Trinajstić information content (AvgIpc) is 1.27. The molecule has 5 N–H and O–H groups in total. The van der Waals surface area contributed by atoms with Gasteiger partial charge in [0.05, 0.1) is 5.60 Å². The van der Waals surface area contributed by atoms with Crippen molar-refractivity contribution in [3.63, 3.8) is 0 Å². The van der Waals surface area contributed by atoms with Gasteiger partial charge in [-0.1, -0.05) is 200 Å². The fourth-order valence-corrected chi connectivity index (χ4v) is 13.1. The molecule has 94 heavy (non-hydrogen) atoms. The largest absolute Gasteiger partial charge is 0.450 e. The summed E-state index contributed by atoms with van der Waals surface area (Å²) in [6, 6.07) is 7.43. The molecule has 21 heteroatoms. The minimum absolute atomic E-state index is 0.0251. The summed E-state index contributed by atoms with van der Waals surface area (Å²) in [4.78, 5) is 156. The van der Waals surface area contributed by atoms with E-state index in [1.165, 1.54) is 113 Å². The molecule has 0 bridgehead atoms. The summed E-state index contributed by atoms with van der Waals surface area (Å²) < 4.78 is 6.16. The molecular formula is C73H117N9O12. The van der Waals surface area contributed by atoms with E-state index in [0.29, 0.717) is 36.9 Å². The molecule has 2 aromatic rings. The Labute approximate surface area is 561 Å². The van der Waals surface area contributed by atoms with Gasteiger partial charge >= 0.3 is 5.97 Å². The first-order valence-corrected chi connectivity index (χ1v) is 35.1. The number of esters is 1. The van der Waals surface area contributed by atoms with E-state index in [1.807, 2.05) is 43.3 Å². The Hall–Kier alpha value is -6.90. The van der Waals surface area contributed by atoms with E-state index in [4.69, 9.17) is 4.74 Å². The molecule has 0 spiro atoms. The molecule has 9 amide bonds. The van der Waals surface area contributed by atoms with E-state index in [-0.39, 0.29) is 44.6 Å². The lowest BCUT2D eigenvalue weighted by molar-refractivity contribution is -0.177. The maximum absolute atomic E-state index is 15.4. The number of cyclic esters (lactones) is 1. The lowest BCUT2D eigenvalue weighted by Gasteiger charge is -2.39. The third-order valence-corrected chi connectivity index (χ3v) is 19.1. The molecular weight excluding hydrogens is 1190 g/mol. The van der Waals surface area contributed by atoms with Crippen LogP contribution in [0.5, 0.6) is 0 Å². The molecule has 2 aliphatic rings. The van der Waals surface area contributed by atoms with Crippen molar-refractivity contribution in [3.05, 3.63) is 71.8 Å². The van der Waals surface area contributed by atoms with Crippen molar-refractivity contribution in [2.75, 3.05) is 41.3 Å². The van der Waals surface area contributed by atoms with Crippen LogP contribution in [0.3, 0.4) is 0 Å². The number of unbranched alkanes of at least 4 members (excludes halogenated alkanes) is 11. The van der Waals surface area contributed by atoms with E-state index in [9.17, 15) is 19.5 Å². The number of carbonyl (C=O) groups excluding carboxylic acids is 10. The number of hydrogen-bond acceptors (Lipinski definition) is 12. The smallest absolute Gasteiger partial charge is 0.332 e. The van der Waals surface area contributed by atoms with Crippen LogP contribution >= 0.6 is 0 Å². The normalized spacial score (nSPS) is 24.0. The van der Waals surface area contributed by atoms with Gasteiger partial charge < -0.3 is 55.6 Å². The molecule has 2 aromatic carbocycles. The molecule has 2 heterocycles. The van der Waals surface area contributed by atoms with Gasteiger partial charge in [-0.2, -0.15) is 0 Å². The SMILES string of the molecule is CCCCCCCCCCCCCCNC(=O)CC[C@@H]1NC(=O)[C@H](C(C)C)N(C)C(=O)[C@@H]([C@H](C)CC)NC(=O)[C@@H]2CCCN2C(=O)[C@H](Cc2ccccc2)N(C)C(=O)[C@H](Cc2ccccc2)NC(=O)[C@H](C(C)C)N(C)C(=O)[C@H]([C@H](C)CC)OC(=O)[C@H](C(C)(C)O)N(C)C1=O. The number of nitrogens with zero attached hydrogens (tertiary/aromatic N) is 5. The van der Waals surface area contributed by atoms with Crippen LogP contribution in [0.2, 0.25) is 0 Å². The predicted molar refractivity (Wildman–Crippen MR) is 365 cm³/mol. The maximum Gasteiger partial charge on any atom is 0.332 e. The van der Waals surface area contributed by atoms with Gasteiger partial charge in [-0.3, -0.25) is 43.2 Å². The number of aliphatic hydroxyl groups is 1. The number of amides is 9. The molecule has 0 unspecified atom stereocenters. The van der Waals surface area contributed by atoms with E-state index in [0.717, 1.165) is 30.6 Å². The highest BCUT2D eigenvalue weighted by Crippen LogP contribution is 2.28. The Morgan fingerprint density at radius 3 is 1.55 bits per heavy atom. The highest BCUT2D eigenvalue weighted by molar-refractivity contribution is 5.99. The van der Waals surface area contributed by atoms with E-state index < -0.39 is 137 Å². The van der Waals surface area contributed by atoms with Crippen molar-refractivity contribution < 1.29 is 57.8 Å². The van der Waals surface area contributed by atoms with Crippen molar-refractivity contribution in [2.24, 2.45) is 23.7 Å². The van der Waals surface area contributed by atoms with Gasteiger partial charge in [0.2, 0.25) is 47.3 Å². The van der Waals surface area contributed by atoms with Crippen LogP contribution in [-0.4, -0.2) is 190 Å². The molecule has 4 rings (SSSR count). The van der Waals surface area contributed by atoms with Gasteiger partial charge in [-0.05, 0) is 74.8 Å². The second kappa shape index (κ2) is 39.2. The summed E-state index contributed by atoms with van der Waals surface area (Å²) in [5.74, 6) is -9.53. The van der Waals surface area contributed by atoms with Gasteiger partial charge in [0.15, 0.2) is 12.1 Å². The molecule has 0 aromatic heterocycles. The second-order valence-corrected chi connectivity index (χ2v) is 27.8. The predicted octanol–water partition coefficient (Wildman–Crippen LogP) is 7.92. The third-order valence-electron chi connectivity index (χ3n) is 19.1. The van der Waals surface area contributed by atoms with Crippen LogP contribution in [0, 0.1) is 23.7 Å². The van der Waals surface area contributed by atoms with Crippen LogP contribution in [0.1, 0.15) is 203 Å². The zero-order valence-corrected chi connectivity index (χ0v) is 59.5. The number of hydrogen-bond donors (Lipinski definition) is 5. The number of rotatable bonds is 27. The van der Waals surface area contributed by atoms with E-state index in [1.54, 1.807) is 72.7 Å². The first-order valence-electron chi connectivity index (χ1n) is 35.1. The monoisotopic (exact) mass is 1310 g/mol. The van der Waals surface area contributed by atoms with Crippen molar-refractivity contribution in [1.29, 1.82) is 0 Å². The Morgan fingerprint density at radius 1 is 0.574 bits per heavy atom. The van der Waals surface area contributed by atoms with Gasteiger partial charge in [-0.15, -0.1) is 0 Å². The fraction of sp³-hybridized carbons (Fsp3) is 0.699. The lowest BCUT2D eigenvalue weighted by Crippen LogP contribution is -2.63. The number of benzene rings is 2. The lowest BCUT2D eigenvalue weighted by atomic mass is 9.94. The first kappa shape index (κ1) is 79.5. The van der Waals surface area contributed by atoms with Crippen LogP contribution in [0.4, 0.5) is 0 Å². The highest BCUT2D eigenvalue weighted by Gasteiger charge is 2.48. The molecule has 2 aliphatic heterocycles. The van der Waals surface area contributed by atoms with Gasteiger partial charge in [0, 0.05) is 66.5 Å². The van der Waals surface area contributed by atoms with Crippen molar-refractivity contribution >= 4 is 59.1 Å². The first-order chi connectivity index (χ1) is 44.5. The van der Waals surface area contributed by atoms with E-state index in [2.05, 4.69) is 28.2 Å². The number of carbonyl (C=O) groups is 10. The van der Waals surface area contributed by atoms with Gasteiger partial charge in [0.1, 0.15) is 42.3 Å². The van der Waals surface area contributed by atoms with Gasteiger partial charge in [-0.25, -0.2) is 4.79 Å². The molecule has 526 valence electrons. The Kier molecular flexibility index (Phi) is 33.2.